The number of rotatable bonds is 5. The Labute approximate surface area is 101 Å². The van der Waals surface area contributed by atoms with Crippen LogP contribution in [0.15, 0.2) is 27.6 Å². The maximum atomic E-state index is 10.3. The van der Waals surface area contributed by atoms with Gasteiger partial charge in [-0.25, -0.2) is 0 Å². The molecule has 0 aliphatic heterocycles. The Morgan fingerprint density at radius 1 is 1.53 bits per heavy atom. The molecule has 0 aliphatic rings. The van der Waals surface area contributed by atoms with Crippen molar-refractivity contribution in [3.05, 3.63) is 22.7 Å². The van der Waals surface area contributed by atoms with Gasteiger partial charge >= 0.3 is 5.97 Å². The second-order valence-electron chi connectivity index (χ2n) is 3.03. The van der Waals surface area contributed by atoms with Crippen LogP contribution in [-0.2, 0) is 4.79 Å². The van der Waals surface area contributed by atoms with Gasteiger partial charge in [-0.05, 0) is 30.4 Å². The Kier molecular flexibility index (Phi) is 4.98. The number of carbonyl (C=O) groups is 1. The Bertz CT molecular complexity index is 357. The van der Waals surface area contributed by atoms with Crippen LogP contribution in [0.3, 0.4) is 0 Å². The van der Waals surface area contributed by atoms with Gasteiger partial charge in [-0.15, -0.1) is 11.8 Å². The van der Waals surface area contributed by atoms with Crippen LogP contribution in [0.2, 0.25) is 0 Å². The van der Waals surface area contributed by atoms with E-state index in [1.54, 1.807) is 11.8 Å². The molecule has 1 rings (SSSR count). The molecule has 0 saturated carbocycles. The number of carboxylic acid groups (broad SMARTS) is 1. The average Bonchev–Trinajstić information content (AvgIpc) is 2.17. The highest BCUT2D eigenvalue weighted by atomic mass is 79.9. The van der Waals surface area contributed by atoms with Crippen LogP contribution in [0, 0.1) is 0 Å². The molecule has 15 heavy (non-hydrogen) atoms. The lowest BCUT2D eigenvalue weighted by molar-refractivity contribution is -0.137. The van der Waals surface area contributed by atoms with Crippen LogP contribution in [0.25, 0.3) is 0 Å². The predicted molar refractivity (Wildman–Crippen MR) is 66.1 cm³/mol. The van der Waals surface area contributed by atoms with E-state index in [9.17, 15) is 4.79 Å². The molecule has 0 heterocycles. The molecule has 0 bridgehead atoms. The molecule has 3 nitrogen and oxygen atoms in total. The molecular formula is C10H12BrNO2S. The number of nitrogens with two attached hydrogens (primary N) is 1. The number of anilines is 1. The van der Waals surface area contributed by atoms with E-state index >= 15 is 0 Å². The number of benzene rings is 1. The summed E-state index contributed by atoms with van der Waals surface area (Å²) in [5.74, 6) is 0.0188. The average molecular weight is 290 g/mol. The fraction of sp³-hybridized carbons (Fsp3) is 0.300. The summed E-state index contributed by atoms with van der Waals surface area (Å²) in [6, 6.07) is 5.67. The van der Waals surface area contributed by atoms with Gasteiger partial charge in [0.05, 0.1) is 0 Å². The molecule has 1 aromatic carbocycles. The van der Waals surface area contributed by atoms with Gasteiger partial charge in [0, 0.05) is 21.5 Å². The van der Waals surface area contributed by atoms with Crippen LogP contribution < -0.4 is 5.73 Å². The van der Waals surface area contributed by atoms with E-state index in [2.05, 4.69) is 15.9 Å². The van der Waals surface area contributed by atoms with E-state index in [1.807, 2.05) is 18.2 Å². The third kappa shape index (κ3) is 4.57. The van der Waals surface area contributed by atoms with Crippen LogP contribution in [0.5, 0.6) is 0 Å². The minimum atomic E-state index is -0.752. The summed E-state index contributed by atoms with van der Waals surface area (Å²) in [5.41, 5.74) is 6.51. The number of thioether (sulfide) groups is 1. The summed E-state index contributed by atoms with van der Waals surface area (Å²) in [5, 5.41) is 8.47. The van der Waals surface area contributed by atoms with Gasteiger partial charge in [0.2, 0.25) is 0 Å². The van der Waals surface area contributed by atoms with Crippen molar-refractivity contribution < 1.29 is 9.90 Å². The Morgan fingerprint density at radius 2 is 2.27 bits per heavy atom. The molecule has 0 amide bonds. The smallest absolute Gasteiger partial charge is 0.303 e. The first-order valence-electron chi connectivity index (χ1n) is 4.49. The summed E-state index contributed by atoms with van der Waals surface area (Å²) in [7, 11) is 0. The van der Waals surface area contributed by atoms with Gasteiger partial charge in [-0.1, -0.05) is 15.9 Å². The molecule has 0 saturated heterocycles. The summed E-state index contributed by atoms with van der Waals surface area (Å²) >= 11 is 4.95. The number of nitrogen functional groups attached to an aromatic ring is 1. The number of carboxylic acids is 1. The van der Waals surface area contributed by atoms with Crippen LogP contribution >= 0.6 is 27.7 Å². The molecule has 0 radical (unpaired) electrons. The fourth-order valence-electron chi connectivity index (χ4n) is 1.04. The van der Waals surface area contributed by atoms with Gasteiger partial charge in [0.1, 0.15) is 0 Å². The van der Waals surface area contributed by atoms with Gasteiger partial charge in [-0.3, -0.25) is 4.79 Å². The first-order valence-corrected chi connectivity index (χ1v) is 6.27. The molecule has 0 fully saturated rings. The largest absolute Gasteiger partial charge is 0.481 e. The predicted octanol–water partition coefficient (Wildman–Crippen LogP) is 2.99. The number of aliphatic carboxylic acids is 1. The van der Waals surface area contributed by atoms with Gasteiger partial charge in [0.15, 0.2) is 0 Å². The van der Waals surface area contributed by atoms with Crippen molar-refractivity contribution in [1.29, 1.82) is 0 Å². The molecular weight excluding hydrogens is 278 g/mol. The normalized spacial score (nSPS) is 10.2. The zero-order valence-corrected chi connectivity index (χ0v) is 10.5. The van der Waals surface area contributed by atoms with Crippen molar-refractivity contribution in [3.63, 3.8) is 0 Å². The highest BCUT2D eigenvalue weighted by Crippen LogP contribution is 2.28. The highest BCUT2D eigenvalue weighted by molar-refractivity contribution is 9.10. The maximum absolute atomic E-state index is 10.3. The van der Waals surface area contributed by atoms with E-state index < -0.39 is 5.97 Å². The zero-order chi connectivity index (χ0) is 11.3. The van der Waals surface area contributed by atoms with Crippen molar-refractivity contribution in [2.75, 3.05) is 11.5 Å². The second kappa shape index (κ2) is 6.02. The highest BCUT2D eigenvalue weighted by Gasteiger charge is 2.02. The van der Waals surface area contributed by atoms with Crippen molar-refractivity contribution >= 4 is 39.3 Å². The minimum absolute atomic E-state index is 0.209. The van der Waals surface area contributed by atoms with Gasteiger partial charge in [-0.2, -0.15) is 0 Å². The fourth-order valence-corrected chi connectivity index (χ4v) is 2.50. The van der Waals surface area contributed by atoms with E-state index in [0.717, 1.165) is 20.8 Å². The topological polar surface area (TPSA) is 63.3 Å². The molecule has 82 valence electrons. The Balaban J connectivity index is 2.43. The lowest BCUT2D eigenvalue weighted by Gasteiger charge is -2.05. The molecule has 0 unspecified atom stereocenters. The summed E-state index contributed by atoms with van der Waals surface area (Å²) in [6.07, 6.45) is 0.868. The molecule has 0 aromatic heterocycles. The third-order valence-electron chi connectivity index (χ3n) is 1.77. The Hall–Kier alpha value is -0.680. The Morgan fingerprint density at radius 3 is 2.93 bits per heavy atom. The zero-order valence-electron chi connectivity index (χ0n) is 8.07. The minimum Gasteiger partial charge on any atom is -0.481 e. The summed E-state index contributed by atoms with van der Waals surface area (Å²) < 4.78 is 0.984. The van der Waals surface area contributed by atoms with Crippen molar-refractivity contribution in [3.8, 4) is 0 Å². The van der Waals surface area contributed by atoms with Crippen LogP contribution in [0.4, 0.5) is 5.69 Å². The third-order valence-corrected chi connectivity index (χ3v) is 3.42. The van der Waals surface area contributed by atoms with E-state index in [-0.39, 0.29) is 6.42 Å². The number of hydrogen-bond acceptors (Lipinski definition) is 3. The standard InChI is InChI=1S/C10H12BrNO2S/c11-7-3-4-8(12)9(6-7)15-5-1-2-10(13)14/h3-4,6H,1-2,5,12H2,(H,13,14). The first-order chi connectivity index (χ1) is 7.09. The van der Waals surface area contributed by atoms with E-state index in [1.165, 1.54) is 0 Å². The van der Waals surface area contributed by atoms with Crippen molar-refractivity contribution in [1.82, 2.24) is 0 Å². The van der Waals surface area contributed by atoms with E-state index in [4.69, 9.17) is 10.8 Å². The lowest BCUT2D eigenvalue weighted by atomic mass is 10.3. The molecule has 0 atom stereocenters. The van der Waals surface area contributed by atoms with E-state index in [0.29, 0.717) is 6.42 Å². The number of hydrogen-bond donors (Lipinski definition) is 2. The molecule has 0 spiro atoms. The van der Waals surface area contributed by atoms with Crippen LogP contribution in [-0.4, -0.2) is 16.8 Å². The quantitative estimate of drug-likeness (QED) is 0.497. The van der Waals surface area contributed by atoms with Crippen LogP contribution in [0.1, 0.15) is 12.8 Å². The molecule has 0 aliphatic carbocycles. The molecule has 1 aromatic rings. The summed E-state index contributed by atoms with van der Waals surface area (Å²) in [6.45, 7) is 0. The maximum Gasteiger partial charge on any atom is 0.303 e. The number of halogens is 1. The lowest BCUT2D eigenvalue weighted by Crippen LogP contribution is -1.95. The van der Waals surface area contributed by atoms with Crippen molar-refractivity contribution in [2.45, 2.75) is 17.7 Å². The summed E-state index contributed by atoms with van der Waals surface area (Å²) in [4.78, 5) is 11.3. The monoisotopic (exact) mass is 289 g/mol. The van der Waals surface area contributed by atoms with Gasteiger partial charge < -0.3 is 10.8 Å². The second-order valence-corrected chi connectivity index (χ2v) is 5.08. The van der Waals surface area contributed by atoms with Crippen molar-refractivity contribution in [2.24, 2.45) is 0 Å². The molecule has 3 N–H and O–H groups in total. The first kappa shape index (κ1) is 12.4. The van der Waals surface area contributed by atoms with Gasteiger partial charge in [0.25, 0.3) is 0 Å². The SMILES string of the molecule is Nc1ccc(Br)cc1SCCCC(=O)O. The molecule has 5 heteroatoms.